The summed E-state index contributed by atoms with van der Waals surface area (Å²) in [7, 11) is -0.443. The van der Waals surface area contributed by atoms with Gasteiger partial charge in [-0.1, -0.05) is 42.5 Å². The van der Waals surface area contributed by atoms with Gasteiger partial charge in [-0.05, 0) is 55.4 Å². The van der Waals surface area contributed by atoms with E-state index >= 15 is 0 Å². The van der Waals surface area contributed by atoms with Gasteiger partial charge in [0.05, 0.1) is 22.8 Å². The number of fused-ring (bicyclic) bond motifs is 3. The molecule has 25 heavy (non-hydrogen) atoms. The molecule has 0 radical (unpaired) electrons. The summed E-state index contributed by atoms with van der Waals surface area (Å²) in [5.41, 5.74) is 0.856. The van der Waals surface area contributed by atoms with E-state index in [0.717, 1.165) is 27.0 Å². The van der Waals surface area contributed by atoms with Crippen LogP contribution in [-0.4, -0.2) is 18.3 Å². The SMILES string of the molecule is CC1(C)OB(c2cccc3c2cc(C#N)c2ccccc23)OC1(C)C. The van der Waals surface area contributed by atoms with Crippen molar-refractivity contribution >= 4 is 34.1 Å². The van der Waals surface area contributed by atoms with E-state index in [0.29, 0.717) is 5.56 Å². The van der Waals surface area contributed by atoms with Gasteiger partial charge in [-0.25, -0.2) is 0 Å². The largest absolute Gasteiger partial charge is 0.495 e. The van der Waals surface area contributed by atoms with Crippen molar-refractivity contribution in [3.8, 4) is 6.07 Å². The molecule has 0 atom stereocenters. The second kappa shape index (κ2) is 5.32. The molecule has 3 aromatic carbocycles. The molecule has 1 fully saturated rings. The number of benzene rings is 3. The van der Waals surface area contributed by atoms with Crippen molar-refractivity contribution in [3.05, 3.63) is 54.1 Å². The molecular formula is C21H20BNO2. The zero-order chi connectivity index (χ0) is 17.8. The fourth-order valence-corrected chi connectivity index (χ4v) is 3.42. The maximum absolute atomic E-state index is 9.60. The summed E-state index contributed by atoms with van der Waals surface area (Å²) in [6.07, 6.45) is 0. The zero-order valence-corrected chi connectivity index (χ0v) is 15.0. The molecule has 3 aromatic rings. The summed E-state index contributed by atoms with van der Waals surface area (Å²) in [5.74, 6) is 0. The Morgan fingerprint density at radius 1 is 0.800 bits per heavy atom. The van der Waals surface area contributed by atoms with Crippen molar-refractivity contribution in [2.45, 2.75) is 38.9 Å². The molecule has 0 bridgehead atoms. The lowest BCUT2D eigenvalue weighted by Crippen LogP contribution is -2.41. The Hall–Kier alpha value is -2.35. The first-order valence-electron chi connectivity index (χ1n) is 8.54. The monoisotopic (exact) mass is 329 g/mol. The van der Waals surface area contributed by atoms with Crippen LogP contribution in [0.15, 0.2) is 48.5 Å². The highest BCUT2D eigenvalue weighted by Crippen LogP contribution is 2.37. The van der Waals surface area contributed by atoms with Crippen molar-refractivity contribution in [1.29, 1.82) is 5.26 Å². The lowest BCUT2D eigenvalue weighted by molar-refractivity contribution is 0.00578. The zero-order valence-electron chi connectivity index (χ0n) is 15.0. The van der Waals surface area contributed by atoms with Crippen molar-refractivity contribution < 1.29 is 9.31 Å². The van der Waals surface area contributed by atoms with Crippen LogP contribution in [0.25, 0.3) is 21.5 Å². The molecule has 4 heteroatoms. The van der Waals surface area contributed by atoms with Crippen LogP contribution in [0.5, 0.6) is 0 Å². The van der Waals surface area contributed by atoms with Gasteiger partial charge in [0.2, 0.25) is 0 Å². The normalized spacial score (nSPS) is 18.6. The first-order valence-corrected chi connectivity index (χ1v) is 8.54. The second-order valence-corrected chi connectivity index (χ2v) is 7.61. The third-order valence-corrected chi connectivity index (χ3v) is 5.56. The highest BCUT2D eigenvalue weighted by atomic mass is 16.7. The standard InChI is InChI=1S/C21H20BNO2/c1-20(2)21(3,4)25-22(24-20)19-11-7-10-17-16-9-6-5-8-15(16)14(13-23)12-18(17)19/h5-12H,1-4H3. The summed E-state index contributed by atoms with van der Waals surface area (Å²) in [6.45, 7) is 8.20. The van der Waals surface area contributed by atoms with Gasteiger partial charge in [-0.3, -0.25) is 0 Å². The van der Waals surface area contributed by atoms with Crippen LogP contribution < -0.4 is 5.46 Å². The van der Waals surface area contributed by atoms with E-state index in [1.807, 2.05) is 64.1 Å². The van der Waals surface area contributed by atoms with Crippen molar-refractivity contribution in [2.75, 3.05) is 0 Å². The van der Waals surface area contributed by atoms with Crippen LogP contribution in [0.3, 0.4) is 0 Å². The molecule has 0 unspecified atom stereocenters. The average Bonchev–Trinajstić information content (AvgIpc) is 2.81. The number of hydrogen-bond acceptors (Lipinski definition) is 3. The Kier molecular flexibility index (Phi) is 3.44. The third-order valence-electron chi connectivity index (χ3n) is 5.56. The quantitative estimate of drug-likeness (QED) is 0.497. The van der Waals surface area contributed by atoms with Gasteiger partial charge >= 0.3 is 7.12 Å². The van der Waals surface area contributed by atoms with E-state index in [1.54, 1.807) is 0 Å². The molecule has 1 saturated heterocycles. The summed E-state index contributed by atoms with van der Waals surface area (Å²) in [4.78, 5) is 0. The van der Waals surface area contributed by atoms with E-state index in [-0.39, 0.29) is 0 Å². The molecule has 3 nitrogen and oxygen atoms in total. The fourth-order valence-electron chi connectivity index (χ4n) is 3.42. The molecule has 0 aromatic heterocycles. The van der Waals surface area contributed by atoms with Crippen molar-refractivity contribution in [1.82, 2.24) is 0 Å². The van der Waals surface area contributed by atoms with Crippen LogP contribution in [0.4, 0.5) is 0 Å². The van der Waals surface area contributed by atoms with Crippen LogP contribution in [0.1, 0.15) is 33.3 Å². The van der Waals surface area contributed by atoms with Crippen LogP contribution in [0, 0.1) is 11.3 Å². The minimum absolute atomic E-state index is 0.394. The van der Waals surface area contributed by atoms with E-state index in [1.165, 1.54) is 0 Å². The number of rotatable bonds is 1. The smallest absolute Gasteiger partial charge is 0.399 e. The van der Waals surface area contributed by atoms with Gasteiger partial charge in [0, 0.05) is 5.39 Å². The van der Waals surface area contributed by atoms with E-state index in [4.69, 9.17) is 9.31 Å². The maximum atomic E-state index is 9.60. The van der Waals surface area contributed by atoms with Gasteiger partial charge in [0.15, 0.2) is 0 Å². The highest BCUT2D eigenvalue weighted by Gasteiger charge is 2.52. The molecule has 4 rings (SSSR count). The molecule has 0 N–H and O–H groups in total. The Morgan fingerprint density at radius 3 is 2.00 bits per heavy atom. The Balaban J connectivity index is 1.98. The lowest BCUT2D eigenvalue weighted by atomic mass is 9.75. The number of nitriles is 1. The molecule has 0 aliphatic carbocycles. The summed E-state index contributed by atoms with van der Waals surface area (Å²) >= 11 is 0. The molecular weight excluding hydrogens is 309 g/mol. The predicted octanol–water partition coefficient (Wildman–Crippen LogP) is 4.16. The van der Waals surface area contributed by atoms with Gasteiger partial charge in [0.25, 0.3) is 0 Å². The van der Waals surface area contributed by atoms with Crippen LogP contribution >= 0.6 is 0 Å². The van der Waals surface area contributed by atoms with Crippen LogP contribution in [-0.2, 0) is 9.31 Å². The van der Waals surface area contributed by atoms with Crippen molar-refractivity contribution in [3.63, 3.8) is 0 Å². The molecule has 0 saturated carbocycles. The molecule has 1 aliphatic rings. The minimum Gasteiger partial charge on any atom is -0.399 e. The molecule has 1 aliphatic heterocycles. The van der Waals surface area contributed by atoms with E-state index < -0.39 is 18.3 Å². The summed E-state index contributed by atoms with van der Waals surface area (Å²) < 4.78 is 12.5. The van der Waals surface area contributed by atoms with Gasteiger partial charge in [-0.2, -0.15) is 5.26 Å². The van der Waals surface area contributed by atoms with Crippen molar-refractivity contribution in [2.24, 2.45) is 0 Å². The summed E-state index contributed by atoms with van der Waals surface area (Å²) in [5, 5.41) is 13.8. The molecule has 124 valence electrons. The van der Waals surface area contributed by atoms with Gasteiger partial charge in [0.1, 0.15) is 0 Å². The number of nitrogens with zero attached hydrogens (tertiary/aromatic N) is 1. The van der Waals surface area contributed by atoms with Gasteiger partial charge in [-0.15, -0.1) is 0 Å². The lowest BCUT2D eigenvalue weighted by Gasteiger charge is -2.32. The number of hydrogen-bond donors (Lipinski definition) is 0. The maximum Gasteiger partial charge on any atom is 0.495 e. The first-order chi connectivity index (χ1) is 11.8. The van der Waals surface area contributed by atoms with Gasteiger partial charge < -0.3 is 9.31 Å². The van der Waals surface area contributed by atoms with E-state index in [9.17, 15) is 5.26 Å². The minimum atomic E-state index is -0.443. The topological polar surface area (TPSA) is 42.2 Å². The average molecular weight is 329 g/mol. The Morgan fingerprint density at radius 2 is 1.36 bits per heavy atom. The Labute approximate surface area is 148 Å². The van der Waals surface area contributed by atoms with Crippen LogP contribution in [0.2, 0.25) is 0 Å². The molecule has 1 heterocycles. The molecule has 0 spiro atoms. The first kappa shape index (κ1) is 16.1. The fraction of sp³-hybridized carbons (Fsp3) is 0.286. The Bertz CT molecular complexity index is 1020. The molecule has 0 amide bonds. The predicted molar refractivity (Wildman–Crippen MR) is 102 cm³/mol. The summed E-state index contributed by atoms with van der Waals surface area (Å²) in [6, 6.07) is 18.5. The van der Waals surface area contributed by atoms with E-state index in [2.05, 4.69) is 18.2 Å². The highest BCUT2D eigenvalue weighted by molar-refractivity contribution is 6.65. The third kappa shape index (κ3) is 2.35. The second-order valence-electron chi connectivity index (χ2n) is 7.61.